The van der Waals surface area contributed by atoms with Crippen LogP contribution in [0.3, 0.4) is 0 Å². The van der Waals surface area contributed by atoms with Crippen molar-refractivity contribution >= 4 is 5.82 Å². The Hall–Kier alpha value is -1.32. The van der Waals surface area contributed by atoms with E-state index in [9.17, 15) is 0 Å². The molecule has 0 saturated heterocycles. The summed E-state index contributed by atoms with van der Waals surface area (Å²) in [6.07, 6.45) is 4.02. The number of ether oxygens (including phenoxy) is 1. The molecular formula is C17H27N3O. The van der Waals surface area contributed by atoms with Gasteiger partial charge in [0.2, 0.25) is 5.88 Å². The molecule has 4 nitrogen and oxygen atoms in total. The van der Waals surface area contributed by atoms with Crippen molar-refractivity contribution in [1.29, 1.82) is 0 Å². The molecule has 3 rings (SSSR count). The van der Waals surface area contributed by atoms with Crippen LogP contribution >= 0.6 is 0 Å². The van der Waals surface area contributed by atoms with E-state index in [1.165, 1.54) is 12.8 Å². The lowest BCUT2D eigenvalue weighted by molar-refractivity contribution is 0.0267. The highest BCUT2D eigenvalue weighted by atomic mass is 16.5. The lowest BCUT2D eigenvalue weighted by atomic mass is 9.70. The minimum atomic E-state index is 0.253. The van der Waals surface area contributed by atoms with Crippen molar-refractivity contribution in [2.45, 2.75) is 60.0 Å². The summed E-state index contributed by atoms with van der Waals surface area (Å²) >= 11 is 0. The van der Waals surface area contributed by atoms with Crippen molar-refractivity contribution in [3.63, 3.8) is 0 Å². The third-order valence-electron chi connectivity index (χ3n) is 6.42. The molecule has 1 heterocycles. The van der Waals surface area contributed by atoms with Gasteiger partial charge in [0.1, 0.15) is 17.7 Å². The van der Waals surface area contributed by atoms with E-state index in [0.717, 1.165) is 35.4 Å². The first-order valence-electron chi connectivity index (χ1n) is 7.99. The zero-order chi connectivity index (χ0) is 15.4. The molecule has 0 spiro atoms. The van der Waals surface area contributed by atoms with E-state index in [1.54, 1.807) is 0 Å². The maximum atomic E-state index is 6.41. The Bertz CT molecular complexity index is 569. The van der Waals surface area contributed by atoms with Gasteiger partial charge >= 0.3 is 0 Å². The quantitative estimate of drug-likeness (QED) is 0.921. The molecule has 1 aromatic heterocycles. The van der Waals surface area contributed by atoms with Crippen molar-refractivity contribution in [3.05, 3.63) is 11.4 Å². The van der Waals surface area contributed by atoms with E-state index >= 15 is 0 Å². The third-order valence-corrected chi connectivity index (χ3v) is 6.42. The summed E-state index contributed by atoms with van der Waals surface area (Å²) in [5.74, 6) is 3.15. The molecule has 4 heteroatoms. The Morgan fingerprint density at radius 1 is 1.19 bits per heavy atom. The lowest BCUT2D eigenvalue weighted by Gasteiger charge is -2.38. The van der Waals surface area contributed by atoms with Crippen LogP contribution in [0.15, 0.2) is 0 Å². The predicted molar refractivity (Wildman–Crippen MR) is 84.7 cm³/mol. The highest BCUT2D eigenvalue weighted by Gasteiger charge is 2.62. The number of rotatable bonds is 3. The predicted octanol–water partition coefficient (Wildman–Crippen LogP) is 3.73. The van der Waals surface area contributed by atoms with E-state index in [-0.39, 0.29) is 11.5 Å². The molecule has 2 aliphatic rings. The van der Waals surface area contributed by atoms with Gasteiger partial charge in [-0.05, 0) is 44.4 Å². The monoisotopic (exact) mass is 289 g/mol. The summed E-state index contributed by atoms with van der Waals surface area (Å²) in [5, 5.41) is 3.13. The Balaban J connectivity index is 1.91. The van der Waals surface area contributed by atoms with Crippen LogP contribution in [-0.4, -0.2) is 23.1 Å². The number of nitrogens with zero attached hydrogens (tertiary/aromatic N) is 2. The second kappa shape index (κ2) is 4.59. The van der Waals surface area contributed by atoms with E-state index in [2.05, 4.69) is 36.1 Å². The molecule has 3 atom stereocenters. The molecule has 0 amide bonds. The normalized spacial score (nSPS) is 33.2. The second-order valence-corrected chi connectivity index (χ2v) is 7.52. The second-order valence-electron chi connectivity index (χ2n) is 7.52. The fourth-order valence-corrected chi connectivity index (χ4v) is 4.40. The van der Waals surface area contributed by atoms with Gasteiger partial charge in [-0.15, -0.1) is 0 Å². The van der Waals surface area contributed by atoms with E-state index in [4.69, 9.17) is 4.74 Å². The van der Waals surface area contributed by atoms with Crippen LogP contribution in [-0.2, 0) is 0 Å². The molecule has 2 fully saturated rings. The summed E-state index contributed by atoms with van der Waals surface area (Å²) < 4.78 is 6.41. The highest BCUT2D eigenvalue weighted by Crippen LogP contribution is 2.66. The topological polar surface area (TPSA) is 47.0 Å². The summed E-state index contributed by atoms with van der Waals surface area (Å²) in [4.78, 5) is 8.95. The number of aromatic nitrogens is 2. The smallest absolute Gasteiger partial charge is 0.222 e. The molecule has 0 aliphatic heterocycles. The highest BCUT2D eigenvalue weighted by molar-refractivity contribution is 5.48. The van der Waals surface area contributed by atoms with Gasteiger partial charge in [-0.3, -0.25) is 0 Å². The number of anilines is 1. The van der Waals surface area contributed by atoms with Crippen LogP contribution in [0.1, 0.15) is 51.4 Å². The number of hydrogen-bond acceptors (Lipinski definition) is 4. The molecule has 116 valence electrons. The van der Waals surface area contributed by atoms with Gasteiger partial charge in [-0.1, -0.05) is 20.8 Å². The number of aryl methyl sites for hydroxylation is 1. The third kappa shape index (κ3) is 1.95. The molecule has 2 bridgehead atoms. The lowest BCUT2D eigenvalue weighted by Crippen LogP contribution is -2.39. The van der Waals surface area contributed by atoms with Crippen molar-refractivity contribution in [2.75, 3.05) is 12.4 Å². The summed E-state index contributed by atoms with van der Waals surface area (Å²) in [7, 11) is 1.89. The zero-order valence-corrected chi connectivity index (χ0v) is 14.1. The van der Waals surface area contributed by atoms with Gasteiger partial charge in [0.25, 0.3) is 0 Å². The van der Waals surface area contributed by atoms with Crippen LogP contribution < -0.4 is 10.1 Å². The molecular weight excluding hydrogens is 262 g/mol. The van der Waals surface area contributed by atoms with Crippen LogP contribution in [0.25, 0.3) is 0 Å². The molecule has 0 radical (unpaired) electrons. The van der Waals surface area contributed by atoms with Gasteiger partial charge < -0.3 is 10.1 Å². The van der Waals surface area contributed by atoms with E-state index in [0.29, 0.717) is 5.41 Å². The molecule has 2 aliphatic carbocycles. The van der Waals surface area contributed by atoms with Crippen molar-refractivity contribution in [1.82, 2.24) is 9.97 Å². The van der Waals surface area contributed by atoms with Crippen molar-refractivity contribution in [3.8, 4) is 5.88 Å². The van der Waals surface area contributed by atoms with Gasteiger partial charge in [-0.25, -0.2) is 4.98 Å². The first kappa shape index (κ1) is 14.6. The number of fused-ring (bicyclic) bond motifs is 2. The first-order chi connectivity index (χ1) is 9.79. The largest absolute Gasteiger partial charge is 0.473 e. The molecule has 21 heavy (non-hydrogen) atoms. The maximum absolute atomic E-state index is 6.41. The average Bonchev–Trinajstić information content (AvgIpc) is 2.75. The van der Waals surface area contributed by atoms with Crippen molar-refractivity contribution in [2.24, 2.45) is 16.7 Å². The molecule has 1 aromatic rings. The number of nitrogens with one attached hydrogen (secondary N) is 1. The van der Waals surface area contributed by atoms with Crippen molar-refractivity contribution < 1.29 is 4.74 Å². The minimum Gasteiger partial charge on any atom is -0.473 e. The van der Waals surface area contributed by atoms with Gasteiger partial charge in [-0.2, -0.15) is 4.98 Å². The fourth-order valence-electron chi connectivity index (χ4n) is 4.40. The molecule has 0 aromatic carbocycles. The SMILES string of the molecule is CNc1nc(C)nc(OC2CC3CCC2(C)C3(C)C)c1C. The van der Waals surface area contributed by atoms with E-state index in [1.807, 2.05) is 20.9 Å². The molecule has 2 saturated carbocycles. The van der Waals surface area contributed by atoms with Crippen LogP contribution in [0.4, 0.5) is 5.82 Å². The molecule has 3 unspecified atom stereocenters. The Kier molecular flexibility index (Phi) is 3.19. The summed E-state index contributed by atoms with van der Waals surface area (Å²) in [5.41, 5.74) is 1.62. The van der Waals surface area contributed by atoms with Crippen LogP contribution in [0, 0.1) is 30.6 Å². The van der Waals surface area contributed by atoms with Gasteiger partial charge in [0.15, 0.2) is 0 Å². The average molecular weight is 289 g/mol. The van der Waals surface area contributed by atoms with E-state index < -0.39 is 0 Å². The van der Waals surface area contributed by atoms with Gasteiger partial charge in [0, 0.05) is 12.5 Å². The van der Waals surface area contributed by atoms with Crippen LogP contribution in [0.5, 0.6) is 5.88 Å². The minimum absolute atomic E-state index is 0.253. The van der Waals surface area contributed by atoms with Gasteiger partial charge in [0.05, 0.1) is 5.56 Å². The summed E-state index contributed by atoms with van der Waals surface area (Å²) in [6, 6.07) is 0. The fraction of sp³-hybridized carbons (Fsp3) is 0.765. The Morgan fingerprint density at radius 2 is 1.90 bits per heavy atom. The maximum Gasteiger partial charge on any atom is 0.222 e. The number of hydrogen-bond donors (Lipinski definition) is 1. The molecule has 1 N–H and O–H groups in total. The Labute approximate surface area is 127 Å². The zero-order valence-electron chi connectivity index (χ0n) is 14.1. The summed E-state index contributed by atoms with van der Waals surface area (Å²) in [6.45, 7) is 11.2. The Morgan fingerprint density at radius 3 is 2.43 bits per heavy atom. The van der Waals surface area contributed by atoms with Crippen LogP contribution in [0.2, 0.25) is 0 Å². The first-order valence-corrected chi connectivity index (χ1v) is 7.99. The standard InChI is InChI=1S/C17H27N3O/c1-10-14(18-6)19-11(2)20-15(10)21-13-9-12-7-8-17(13,5)16(12,3)4/h12-13H,7-9H2,1-6H3,(H,18,19,20).